The summed E-state index contributed by atoms with van der Waals surface area (Å²) in [5, 5.41) is 3.08. The van der Waals surface area contributed by atoms with Crippen LogP contribution in [0.3, 0.4) is 0 Å². The molecule has 1 heterocycles. The van der Waals surface area contributed by atoms with E-state index in [0.717, 1.165) is 12.8 Å². The summed E-state index contributed by atoms with van der Waals surface area (Å²) >= 11 is 0. The van der Waals surface area contributed by atoms with Crippen molar-refractivity contribution in [1.82, 2.24) is 5.32 Å². The molecule has 92 valence electrons. The zero-order chi connectivity index (χ0) is 12.5. The first kappa shape index (κ1) is 12.2. The van der Waals surface area contributed by atoms with Gasteiger partial charge in [-0.2, -0.15) is 0 Å². The van der Waals surface area contributed by atoms with Gasteiger partial charge in [0, 0.05) is 12.0 Å². The molecule has 0 aliphatic carbocycles. The first-order valence-corrected chi connectivity index (χ1v) is 6.28. The van der Waals surface area contributed by atoms with Crippen LogP contribution in [0.5, 0.6) is 0 Å². The van der Waals surface area contributed by atoms with Gasteiger partial charge in [0.2, 0.25) is 5.91 Å². The molecule has 1 atom stereocenters. The molecule has 1 unspecified atom stereocenters. The number of benzene rings is 1. The van der Waals surface area contributed by atoms with Crippen molar-refractivity contribution in [3.8, 4) is 0 Å². The average molecular weight is 231 g/mol. The molecular weight excluding hydrogens is 210 g/mol. The lowest BCUT2D eigenvalue weighted by Crippen LogP contribution is -2.45. The standard InChI is InChI=1S/C15H21NO/c1-14(2)15(3,11-13(17)16-14)10-9-12-7-5-4-6-8-12/h4-8H,9-11H2,1-3H3,(H,16,17). The van der Waals surface area contributed by atoms with Crippen LogP contribution in [-0.4, -0.2) is 11.4 Å². The van der Waals surface area contributed by atoms with Gasteiger partial charge in [0.05, 0.1) is 0 Å². The van der Waals surface area contributed by atoms with E-state index in [1.165, 1.54) is 5.56 Å². The Morgan fingerprint density at radius 1 is 1.18 bits per heavy atom. The van der Waals surface area contributed by atoms with Crippen LogP contribution in [0.2, 0.25) is 0 Å². The Kier molecular flexibility index (Phi) is 2.98. The van der Waals surface area contributed by atoms with Crippen LogP contribution in [0.4, 0.5) is 0 Å². The molecule has 0 aromatic heterocycles. The van der Waals surface area contributed by atoms with Crippen molar-refractivity contribution >= 4 is 5.91 Å². The van der Waals surface area contributed by atoms with Crippen LogP contribution in [-0.2, 0) is 11.2 Å². The topological polar surface area (TPSA) is 29.1 Å². The molecule has 17 heavy (non-hydrogen) atoms. The summed E-state index contributed by atoms with van der Waals surface area (Å²) < 4.78 is 0. The maximum Gasteiger partial charge on any atom is 0.221 e. The van der Waals surface area contributed by atoms with Gasteiger partial charge in [-0.05, 0) is 37.7 Å². The molecule has 1 N–H and O–H groups in total. The zero-order valence-corrected chi connectivity index (χ0v) is 10.9. The van der Waals surface area contributed by atoms with Gasteiger partial charge in [-0.3, -0.25) is 4.79 Å². The molecule has 1 saturated heterocycles. The first-order chi connectivity index (χ1) is 7.93. The number of rotatable bonds is 3. The molecule has 0 saturated carbocycles. The fourth-order valence-electron chi connectivity index (χ4n) is 2.58. The van der Waals surface area contributed by atoms with Crippen LogP contribution in [0, 0.1) is 5.41 Å². The summed E-state index contributed by atoms with van der Waals surface area (Å²) in [7, 11) is 0. The van der Waals surface area contributed by atoms with E-state index in [2.05, 4.69) is 50.4 Å². The van der Waals surface area contributed by atoms with Crippen LogP contribution in [0.1, 0.15) is 39.2 Å². The van der Waals surface area contributed by atoms with E-state index in [9.17, 15) is 4.79 Å². The van der Waals surface area contributed by atoms with Crippen molar-refractivity contribution in [3.63, 3.8) is 0 Å². The molecule has 1 amide bonds. The van der Waals surface area contributed by atoms with Gasteiger partial charge in [-0.25, -0.2) is 0 Å². The number of amides is 1. The molecule has 1 aromatic rings. The largest absolute Gasteiger partial charge is 0.351 e. The van der Waals surface area contributed by atoms with Gasteiger partial charge in [0.1, 0.15) is 0 Å². The first-order valence-electron chi connectivity index (χ1n) is 6.28. The van der Waals surface area contributed by atoms with Gasteiger partial charge < -0.3 is 5.32 Å². The molecule has 2 heteroatoms. The highest BCUT2D eigenvalue weighted by atomic mass is 16.2. The second-order valence-electron chi connectivity index (χ2n) is 5.90. The quantitative estimate of drug-likeness (QED) is 0.851. The minimum atomic E-state index is -0.0983. The third kappa shape index (κ3) is 2.36. The van der Waals surface area contributed by atoms with E-state index in [1.54, 1.807) is 0 Å². The summed E-state index contributed by atoms with van der Waals surface area (Å²) in [6, 6.07) is 10.5. The number of carbonyl (C=O) groups excluding carboxylic acids is 1. The Labute approximate surface area is 103 Å². The Balaban J connectivity index is 2.06. The van der Waals surface area contributed by atoms with Crippen LogP contribution < -0.4 is 5.32 Å². The summed E-state index contributed by atoms with van der Waals surface area (Å²) in [5.41, 5.74) is 1.31. The van der Waals surface area contributed by atoms with Gasteiger partial charge in [-0.15, -0.1) is 0 Å². The van der Waals surface area contributed by atoms with Crippen molar-refractivity contribution in [3.05, 3.63) is 35.9 Å². The number of hydrogen-bond donors (Lipinski definition) is 1. The predicted octanol–water partition coefficient (Wildman–Crippen LogP) is 2.92. The van der Waals surface area contributed by atoms with E-state index >= 15 is 0 Å². The molecule has 1 fully saturated rings. The Hall–Kier alpha value is -1.31. The van der Waals surface area contributed by atoms with Crippen molar-refractivity contribution in [2.24, 2.45) is 5.41 Å². The molecule has 2 nitrogen and oxygen atoms in total. The maximum absolute atomic E-state index is 11.6. The Bertz CT molecular complexity index is 410. The van der Waals surface area contributed by atoms with Crippen LogP contribution in [0.25, 0.3) is 0 Å². The lowest BCUT2D eigenvalue weighted by molar-refractivity contribution is -0.119. The summed E-state index contributed by atoms with van der Waals surface area (Å²) in [5.74, 6) is 0.186. The smallest absolute Gasteiger partial charge is 0.221 e. The fraction of sp³-hybridized carbons (Fsp3) is 0.533. The molecule has 0 bridgehead atoms. The van der Waals surface area contributed by atoms with Gasteiger partial charge >= 0.3 is 0 Å². The lowest BCUT2D eigenvalue weighted by Gasteiger charge is -2.37. The molecule has 2 rings (SSSR count). The van der Waals surface area contributed by atoms with Crippen LogP contribution in [0.15, 0.2) is 30.3 Å². The molecule has 0 radical (unpaired) electrons. The van der Waals surface area contributed by atoms with Crippen molar-refractivity contribution in [2.75, 3.05) is 0 Å². The lowest BCUT2D eigenvalue weighted by atomic mass is 9.70. The van der Waals surface area contributed by atoms with Crippen molar-refractivity contribution in [2.45, 2.75) is 45.6 Å². The van der Waals surface area contributed by atoms with Gasteiger partial charge in [-0.1, -0.05) is 37.3 Å². The minimum absolute atomic E-state index is 0.0555. The minimum Gasteiger partial charge on any atom is -0.351 e. The van der Waals surface area contributed by atoms with Gasteiger partial charge in [0.25, 0.3) is 0 Å². The van der Waals surface area contributed by atoms with E-state index in [0.29, 0.717) is 6.42 Å². The van der Waals surface area contributed by atoms with Crippen molar-refractivity contribution in [1.29, 1.82) is 0 Å². The summed E-state index contributed by atoms with van der Waals surface area (Å²) in [6.07, 6.45) is 2.73. The van der Waals surface area contributed by atoms with Crippen LogP contribution >= 0.6 is 0 Å². The number of carbonyl (C=O) groups is 1. The second kappa shape index (κ2) is 4.17. The third-order valence-corrected chi connectivity index (χ3v) is 4.32. The molecule has 1 aliphatic rings. The highest BCUT2D eigenvalue weighted by Crippen LogP contribution is 2.43. The molecular formula is C15H21NO. The highest BCUT2D eigenvalue weighted by Gasteiger charge is 2.48. The highest BCUT2D eigenvalue weighted by molar-refractivity contribution is 5.80. The van der Waals surface area contributed by atoms with E-state index in [1.807, 2.05) is 6.07 Å². The number of nitrogens with one attached hydrogen (secondary N) is 1. The van der Waals surface area contributed by atoms with Gasteiger partial charge in [0.15, 0.2) is 0 Å². The third-order valence-electron chi connectivity index (χ3n) is 4.32. The number of hydrogen-bond acceptors (Lipinski definition) is 1. The Morgan fingerprint density at radius 2 is 1.82 bits per heavy atom. The normalized spacial score (nSPS) is 26.9. The molecule has 0 spiro atoms. The number of aryl methyl sites for hydroxylation is 1. The van der Waals surface area contributed by atoms with E-state index in [4.69, 9.17) is 0 Å². The van der Waals surface area contributed by atoms with Crippen molar-refractivity contribution < 1.29 is 4.79 Å². The molecule has 1 aliphatic heterocycles. The molecule has 1 aromatic carbocycles. The monoisotopic (exact) mass is 231 g/mol. The second-order valence-corrected chi connectivity index (χ2v) is 5.90. The van der Waals surface area contributed by atoms with E-state index in [-0.39, 0.29) is 16.9 Å². The summed E-state index contributed by atoms with van der Waals surface area (Å²) in [4.78, 5) is 11.6. The predicted molar refractivity (Wildman–Crippen MR) is 69.7 cm³/mol. The zero-order valence-electron chi connectivity index (χ0n) is 10.9. The van der Waals surface area contributed by atoms with E-state index < -0.39 is 0 Å². The Morgan fingerprint density at radius 3 is 2.35 bits per heavy atom. The SMILES string of the molecule is CC1(CCc2ccccc2)CC(=O)NC1(C)C. The maximum atomic E-state index is 11.6. The average Bonchev–Trinajstić information content (AvgIpc) is 2.46. The fourth-order valence-corrected chi connectivity index (χ4v) is 2.58. The summed E-state index contributed by atoms with van der Waals surface area (Å²) in [6.45, 7) is 6.47.